The molecule has 0 radical (unpaired) electrons. The van der Waals surface area contributed by atoms with Crippen molar-refractivity contribution in [1.29, 1.82) is 0 Å². The SMILES string of the molecule is Cn1ncnc1NS(=O)(=O)c1ccc(O)c([N+](=O)[O-])c1. The Balaban J connectivity index is 2.42. The van der Waals surface area contributed by atoms with Gasteiger partial charge < -0.3 is 5.11 Å². The van der Waals surface area contributed by atoms with Gasteiger partial charge in [0.2, 0.25) is 5.95 Å². The second-order valence-corrected chi connectivity index (χ2v) is 5.40. The molecule has 106 valence electrons. The van der Waals surface area contributed by atoms with E-state index in [1.807, 2.05) is 0 Å². The second kappa shape index (κ2) is 4.77. The zero-order chi connectivity index (χ0) is 14.9. The summed E-state index contributed by atoms with van der Waals surface area (Å²) in [6, 6.07) is 2.73. The highest BCUT2D eigenvalue weighted by atomic mass is 32.2. The third-order valence-corrected chi connectivity index (χ3v) is 3.72. The first kappa shape index (κ1) is 13.7. The van der Waals surface area contributed by atoms with Crippen LogP contribution < -0.4 is 4.72 Å². The van der Waals surface area contributed by atoms with Gasteiger partial charge in [-0.15, -0.1) is 0 Å². The van der Waals surface area contributed by atoms with E-state index < -0.39 is 26.4 Å². The van der Waals surface area contributed by atoms with Crippen molar-refractivity contribution in [2.75, 3.05) is 4.72 Å². The summed E-state index contributed by atoms with van der Waals surface area (Å²) in [5.74, 6) is -0.659. The number of hydrogen-bond donors (Lipinski definition) is 2. The number of hydrogen-bond acceptors (Lipinski definition) is 7. The number of nitro benzene ring substituents is 1. The Morgan fingerprint density at radius 2 is 2.15 bits per heavy atom. The Bertz CT molecular complexity index is 769. The topological polar surface area (TPSA) is 140 Å². The quantitative estimate of drug-likeness (QED) is 0.608. The predicted octanol–water partition coefficient (Wildman–Crippen LogP) is 0.230. The number of aromatic nitrogens is 3. The lowest BCUT2D eigenvalue weighted by molar-refractivity contribution is -0.386. The molecule has 0 spiro atoms. The number of anilines is 1. The van der Waals surface area contributed by atoms with Crippen LogP contribution in [0.15, 0.2) is 29.4 Å². The zero-order valence-corrected chi connectivity index (χ0v) is 10.9. The van der Waals surface area contributed by atoms with Crippen LogP contribution in [0.5, 0.6) is 5.75 Å². The Morgan fingerprint density at radius 1 is 1.45 bits per heavy atom. The van der Waals surface area contributed by atoms with Crippen LogP contribution in [0, 0.1) is 10.1 Å². The van der Waals surface area contributed by atoms with E-state index in [1.165, 1.54) is 11.7 Å². The monoisotopic (exact) mass is 299 g/mol. The number of phenols is 1. The molecule has 0 bridgehead atoms. The van der Waals surface area contributed by atoms with Gasteiger partial charge in [0, 0.05) is 13.1 Å². The lowest BCUT2D eigenvalue weighted by Crippen LogP contribution is -2.16. The summed E-state index contributed by atoms with van der Waals surface area (Å²) in [6.45, 7) is 0. The minimum Gasteiger partial charge on any atom is -0.502 e. The number of nitrogens with one attached hydrogen (secondary N) is 1. The first-order valence-corrected chi connectivity index (χ1v) is 6.64. The van der Waals surface area contributed by atoms with E-state index >= 15 is 0 Å². The molecular weight excluding hydrogens is 290 g/mol. The summed E-state index contributed by atoms with van der Waals surface area (Å²) in [4.78, 5) is 13.1. The number of benzene rings is 1. The van der Waals surface area contributed by atoms with Gasteiger partial charge in [-0.3, -0.25) is 10.1 Å². The van der Waals surface area contributed by atoms with Gasteiger partial charge in [0.05, 0.1) is 9.82 Å². The lowest BCUT2D eigenvalue weighted by Gasteiger charge is -2.07. The molecule has 0 fully saturated rings. The molecule has 0 atom stereocenters. The van der Waals surface area contributed by atoms with Crippen LogP contribution in [-0.2, 0) is 17.1 Å². The smallest absolute Gasteiger partial charge is 0.312 e. The van der Waals surface area contributed by atoms with Crippen LogP contribution in [0.2, 0.25) is 0 Å². The van der Waals surface area contributed by atoms with E-state index in [0.29, 0.717) is 0 Å². The summed E-state index contributed by atoms with van der Waals surface area (Å²) < 4.78 is 27.4. The highest BCUT2D eigenvalue weighted by Crippen LogP contribution is 2.28. The molecule has 10 nitrogen and oxygen atoms in total. The Hall–Kier alpha value is -2.69. The molecule has 2 N–H and O–H groups in total. The molecule has 0 amide bonds. The number of sulfonamides is 1. The van der Waals surface area contributed by atoms with Gasteiger partial charge in [0.15, 0.2) is 5.75 Å². The number of aryl methyl sites for hydroxylation is 1. The summed E-state index contributed by atoms with van der Waals surface area (Å²) >= 11 is 0. The maximum Gasteiger partial charge on any atom is 0.312 e. The molecule has 0 unspecified atom stereocenters. The summed E-state index contributed by atoms with van der Waals surface area (Å²) in [5.41, 5.74) is -0.703. The zero-order valence-electron chi connectivity index (χ0n) is 10.1. The maximum absolute atomic E-state index is 12.0. The molecule has 1 aromatic heterocycles. The molecule has 0 aliphatic carbocycles. The fourth-order valence-electron chi connectivity index (χ4n) is 1.38. The molecule has 0 saturated carbocycles. The lowest BCUT2D eigenvalue weighted by atomic mass is 10.3. The van der Waals surface area contributed by atoms with E-state index in [-0.39, 0.29) is 10.8 Å². The largest absolute Gasteiger partial charge is 0.502 e. The van der Waals surface area contributed by atoms with Gasteiger partial charge in [-0.25, -0.2) is 17.8 Å². The van der Waals surface area contributed by atoms with Crippen LogP contribution in [-0.4, -0.2) is 33.2 Å². The van der Waals surface area contributed by atoms with E-state index in [0.717, 1.165) is 24.5 Å². The van der Waals surface area contributed by atoms with Crippen molar-refractivity contribution >= 4 is 21.7 Å². The van der Waals surface area contributed by atoms with Gasteiger partial charge in [0.25, 0.3) is 10.0 Å². The molecule has 20 heavy (non-hydrogen) atoms. The second-order valence-electron chi connectivity index (χ2n) is 3.72. The number of rotatable bonds is 4. The number of aromatic hydroxyl groups is 1. The van der Waals surface area contributed by atoms with Crippen LogP contribution >= 0.6 is 0 Å². The third-order valence-electron chi connectivity index (χ3n) is 2.39. The van der Waals surface area contributed by atoms with Crippen molar-refractivity contribution < 1.29 is 18.4 Å². The number of nitro groups is 1. The molecule has 11 heteroatoms. The van der Waals surface area contributed by atoms with Crippen molar-refractivity contribution in [1.82, 2.24) is 14.8 Å². The summed E-state index contributed by atoms with van der Waals surface area (Å²) in [5, 5.41) is 23.6. The van der Waals surface area contributed by atoms with Gasteiger partial charge in [0.1, 0.15) is 6.33 Å². The molecule has 1 heterocycles. The van der Waals surface area contributed by atoms with E-state index in [9.17, 15) is 23.6 Å². The average molecular weight is 299 g/mol. The average Bonchev–Trinajstić information content (AvgIpc) is 2.74. The van der Waals surface area contributed by atoms with Gasteiger partial charge in [-0.1, -0.05) is 0 Å². The standard InChI is InChI=1S/C9H9N5O5S/c1-13-9(10-5-11-13)12-20(18,19)6-2-3-8(15)7(4-6)14(16)17/h2-5,15H,1H3,(H,10,11,12). The van der Waals surface area contributed by atoms with Crippen molar-refractivity contribution in [2.45, 2.75) is 4.90 Å². The Labute approximate surface area is 112 Å². The molecule has 2 rings (SSSR count). The van der Waals surface area contributed by atoms with Crippen LogP contribution in [0.25, 0.3) is 0 Å². The fourth-order valence-corrected chi connectivity index (χ4v) is 2.44. The van der Waals surface area contributed by atoms with E-state index in [1.54, 1.807) is 0 Å². The Morgan fingerprint density at radius 3 is 2.70 bits per heavy atom. The third kappa shape index (κ3) is 2.51. The molecule has 0 aliphatic rings. The van der Waals surface area contributed by atoms with Crippen LogP contribution in [0.1, 0.15) is 0 Å². The van der Waals surface area contributed by atoms with Crippen LogP contribution in [0.3, 0.4) is 0 Å². The van der Waals surface area contributed by atoms with Crippen molar-refractivity contribution in [3.63, 3.8) is 0 Å². The van der Waals surface area contributed by atoms with Crippen LogP contribution in [0.4, 0.5) is 11.6 Å². The molecule has 1 aromatic carbocycles. The van der Waals surface area contributed by atoms with Gasteiger partial charge in [-0.2, -0.15) is 10.1 Å². The highest BCUT2D eigenvalue weighted by Gasteiger charge is 2.22. The normalized spacial score (nSPS) is 11.2. The first-order valence-electron chi connectivity index (χ1n) is 5.15. The molecule has 2 aromatic rings. The maximum atomic E-state index is 12.0. The van der Waals surface area contributed by atoms with Crippen molar-refractivity contribution in [2.24, 2.45) is 7.05 Å². The van der Waals surface area contributed by atoms with E-state index in [4.69, 9.17) is 0 Å². The predicted molar refractivity (Wildman–Crippen MR) is 66.6 cm³/mol. The molecule has 0 saturated heterocycles. The summed E-state index contributed by atoms with van der Waals surface area (Å²) in [6.07, 6.45) is 1.15. The first-order chi connectivity index (χ1) is 9.31. The van der Waals surface area contributed by atoms with Crippen molar-refractivity contribution in [3.8, 4) is 5.75 Å². The molecular formula is C9H9N5O5S. The number of nitrogens with zero attached hydrogens (tertiary/aromatic N) is 4. The number of phenolic OH excluding ortho intramolecular Hbond substituents is 1. The van der Waals surface area contributed by atoms with Gasteiger partial charge in [-0.05, 0) is 12.1 Å². The highest BCUT2D eigenvalue weighted by molar-refractivity contribution is 7.92. The Kier molecular flexibility index (Phi) is 3.28. The molecule has 0 aliphatic heterocycles. The minimum absolute atomic E-state index is 0.0410. The summed E-state index contributed by atoms with van der Waals surface area (Å²) in [7, 11) is -2.59. The van der Waals surface area contributed by atoms with Crippen molar-refractivity contribution in [3.05, 3.63) is 34.6 Å². The fraction of sp³-hybridized carbons (Fsp3) is 0.111. The van der Waals surface area contributed by atoms with Gasteiger partial charge >= 0.3 is 5.69 Å². The van der Waals surface area contributed by atoms with E-state index in [2.05, 4.69) is 14.8 Å². The minimum atomic E-state index is -4.07.